The standard InChI is InChI=1S/C22H20N2S/c1-17-5-4-8-21(13-17)25-22(15-24-12-11-23-16-24)20-10-9-18-6-2-3-7-19(18)14-20/h2-14,16,22H,15H2,1H3. The fraction of sp³-hybridized carbons (Fsp3) is 0.136. The van der Waals surface area contributed by atoms with Gasteiger partial charge in [0, 0.05) is 23.8 Å². The summed E-state index contributed by atoms with van der Waals surface area (Å²) in [5.74, 6) is 0. The van der Waals surface area contributed by atoms with Crippen LogP contribution in [0.15, 0.2) is 90.3 Å². The zero-order chi connectivity index (χ0) is 17.1. The van der Waals surface area contributed by atoms with Gasteiger partial charge in [-0.25, -0.2) is 4.98 Å². The second kappa shape index (κ2) is 7.16. The Balaban J connectivity index is 1.70. The Kier molecular flexibility index (Phi) is 4.57. The third-order valence-corrected chi connectivity index (χ3v) is 5.58. The van der Waals surface area contributed by atoms with E-state index in [2.05, 4.69) is 83.2 Å². The maximum atomic E-state index is 4.19. The van der Waals surface area contributed by atoms with Gasteiger partial charge in [-0.3, -0.25) is 0 Å². The number of aromatic nitrogens is 2. The van der Waals surface area contributed by atoms with Gasteiger partial charge in [0.2, 0.25) is 0 Å². The molecule has 0 saturated heterocycles. The summed E-state index contributed by atoms with van der Waals surface area (Å²) in [5, 5.41) is 2.91. The van der Waals surface area contributed by atoms with Crippen molar-refractivity contribution >= 4 is 22.5 Å². The van der Waals surface area contributed by atoms with Crippen molar-refractivity contribution in [3.63, 3.8) is 0 Å². The number of imidazole rings is 1. The number of thioether (sulfide) groups is 1. The first-order valence-electron chi connectivity index (χ1n) is 8.46. The van der Waals surface area contributed by atoms with E-state index < -0.39 is 0 Å². The average Bonchev–Trinajstić information content (AvgIpc) is 3.14. The first-order valence-corrected chi connectivity index (χ1v) is 9.34. The van der Waals surface area contributed by atoms with E-state index in [1.54, 1.807) is 0 Å². The van der Waals surface area contributed by atoms with Crippen LogP contribution in [0.5, 0.6) is 0 Å². The molecule has 0 spiro atoms. The third kappa shape index (κ3) is 3.77. The van der Waals surface area contributed by atoms with Crippen LogP contribution in [0.1, 0.15) is 16.4 Å². The molecule has 0 saturated carbocycles. The highest BCUT2D eigenvalue weighted by atomic mass is 32.2. The Labute approximate surface area is 152 Å². The van der Waals surface area contributed by atoms with Crippen molar-refractivity contribution in [3.05, 3.63) is 96.6 Å². The van der Waals surface area contributed by atoms with E-state index in [0.717, 1.165) is 6.54 Å². The van der Waals surface area contributed by atoms with E-state index in [1.165, 1.54) is 26.8 Å². The molecule has 25 heavy (non-hydrogen) atoms. The summed E-state index contributed by atoms with van der Waals surface area (Å²) in [4.78, 5) is 5.50. The average molecular weight is 344 g/mol. The minimum atomic E-state index is 0.334. The Bertz CT molecular complexity index is 976. The lowest BCUT2D eigenvalue weighted by Gasteiger charge is -2.19. The van der Waals surface area contributed by atoms with Crippen LogP contribution in [0.4, 0.5) is 0 Å². The van der Waals surface area contributed by atoms with Gasteiger partial charge in [-0.15, -0.1) is 11.8 Å². The largest absolute Gasteiger partial charge is 0.336 e. The van der Waals surface area contributed by atoms with Crippen molar-refractivity contribution in [3.8, 4) is 0 Å². The molecular formula is C22H20N2S. The summed E-state index contributed by atoms with van der Waals surface area (Å²) >= 11 is 1.91. The Hall–Kier alpha value is -2.52. The normalized spacial score (nSPS) is 12.4. The zero-order valence-electron chi connectivity index (χ0n) is 14.2. The molecular weight excluding hydrogens is 324 g/mol. The fourth-order valence-corrected chi connectivity index (χ4v) is 4.33. The third-order valence-electron chi connectivity index (χ3n) is 4.35. The maximum Gasteiger partial charge on any atom is 0.0946 e. The minimum Gasteiger partial charge on any atom is -0.336 e. The molecule has 0 aliphatic rings. The zero-order valence-corrected chi connectivity index (χ0v) is 15.0. The quantitative estimate of drug-likeness (QED) is 0.421. The number of aryl methyl sites for hydroxylation is 1. The summed E-state index contributed by atoms with van der Waals surface area (Å²) in [6.07, 6.45) is 5.77. The fourth-order valence-electron chi connectivity index (χ4n) is 3.06. The number of benzene rings is 3. The molecule has 0 N–H and O–H groups in total. The van der Waals surface area contributed by atoms with Crippen molar-refractivity contribution in [2.75, 3.05) is 0 Å². The Morgan fingerprint density at radius 1 is 0.960 bits per heavy atom. The van der Waals surface area contributed by atoms with Crippen molar-refractivity contribution in [2.45, 2.75) is 23.6 Å². The molecule has 2 nitrogen and oxygen atoms in total. The second-order valence-electron chi connectivity index (χ2n) is 6.29. The van der Waals surface area contributed by atoms with Crippen LogP contribution in [-0.2, 0) is 6.54 Å². The topological polar surface area (TPSA) is 17.8 Å². The van der Waals surface area contributed by atoms with E-state index in [9.17, 15) is 0 Å². The lowest BCUT2D eigenvalue weighted by molar-refractivity contribution is 0.684. The van der Waals surface area contributed by atoms with Gasteiger partial charge in [-0.05, 0) is 41.5 Å². The van der Waals surface area contributed by atoms with Crippen molar-refractivity contribution in [1.29, 1.82) is 0 Å². The van der Waals surface area contributed by atoms with Crippen molar-refractivity contribution in [1.82, 2.24) is 9.55 Å². The number of hydrogen-bond acceptors (Lipinski definition) is 2. The lowest BCUT2D eigenvalue weighted by Crippen LogP contribution is -2.05. The molecule has 4 rings (SSSR count). The number of hydrogen-bond donors (Lipinski definition) is 0. The van der Waals surface area contributed by atoms with Crippen LogP contribution in [0.25, 0.3) is 10.8 Å². The summed E-state index contributed by atoms with van der Waals surface area (Å²) < 4.78 is 2.16. The maximum absolute atomic E-state index is 4.19. The molecule has 3 heteroatoms. The van der Waals surface area contributed by atoms with Crippen LogP contribution in [0, 0.1) is 6.92 Å². The summed E-state index contributed by atoms with van der Waals surface area (Å²) in [6, 6.07) is 24.1. The van der Waals surface area contributed by atoms with Crippen LogP contribution < -0.4 is 0 Å². The van der Waals surface area contributed by atoms with Crippen LogP contribution in [0.2, 0.25) is 0 Å². The van der Waals surface area contributed by atoms with Crippen molar-refractivity contribution in [2.24, 2.45) is 0 Å². The highest BCUT2D eigenvalue weighted by molar-refractivity contribution is 7.99. The molecule has 1 atom stereocenters. The van der Waals surface area contributed by atoms with Gasteiger partial charge in [-0.2, -0.15) is 0 Å². The SMILES string of the molecule is Cc1cccc(SC(Cn2ccnc2)c2ccc3ccccc3c2)c1. The van der Waals surface area contributed by atoms with E-state index in [0.29, 0.717) is 5.25 Å². The van der Waals surface area contributed by atoms with Crippen LogP contribution in [0.3, 0.4) is 0 Å². The van der Waals surface area contributed by atoms with Crippen LogP contribution in [-0.4, -0.2) is 9.55 Å². The lowest BCUT2D eigenvalue weighted by atomic mass is 10.0. The van der Waals surface area contributed by atoms with E-state index in [1.807, 2.05) is 30.5 Å². The Morgan fingerprint density at radius 3 is 2.64 bits per heavy atom. The van der Waals surface area contributed by atoms with Gasteiger partial charge in [0.1, 0.15) is 0 Å². The van der Waals surface area contributed by atoms with Gasteiger partial charge >= 0.3 is 0 Å². The number of rotatable bonds is 5. The predicted molar refractivity (Wildman–Crippen MR) is 106 cm³/mol. The smallest absolute Gasteiger partial charge is 0.0946 e. The second-order valence-corrected chi connectivity index (χ2v) is 7.57. The van der Waals surface area contributed by atoms with Gasteiger partial charge in [0.25, 0.3) is 0 Å². The first kappa shape index (κ1) is 16.0. The summed E-state index contributed by atoms with van der Waals surface area (Å²) in [7, 11) is 0. The highest BCUT2D eigenvalue weighted by Gasteiger charge is 2.15. The van der Waals surface area contributed by atoms with E-state index >= 15 is 0 Å². The molecule has 124 valence electrons. The summed E-state index contributed by atoms with van der Waals surface area (Å²) in [6.45, 7) is 3.04. The highest BCUT2D eigenvalue weighted by Crippen LogP contribution is 2.37. The minimum absolute atomic E-state index is 0.334. The molecule has 3 aromatic carbocycles. The van der Waals surface area contributed by atoms with Crippen molar-refractivity contribution < 1.29 is 0 Å². The monoisotopic (exact) mass is 344 g/mol. The number of nitrogens with zero attached hydrogens (tertiary/aromatic N) is 2. The first-order chi connectivity index (χ1) is 12.3. The number of fused-ring (bicyclic) bond motifs is 1. The Morgan fingerprint density at radius 2 is 1.84 bits per heavy atom. The molecule has 0 fully saturated rings. The molecule has 1 heterocycles. The molecule has 4 aromatic rings. The van der Waals surface area contributed by atoms with Gasteiger partial charge < -0.3 is 4.57 Å². The predicted octanol–water partition coefficient (Wildman–Crippen LogP) is 5.88. The van der Waals surface area contributed by atoms with E-state index in [4.69, 9.17) is 0 Å². The molecule has 0 radical (unpaired) electrons. The molecule has 0 aliphatic heterocycles. The van der Waals surface area contributed by atoms with Gasteiger partial charge in [0.15, 0.2) is 0 Å². The summed E-state index contributed by atoms with van der Waals surface area (Å²) in [5.41, 5.74) is 2.64. The van der Waals surface area contributed by atoms with Crippen LogP contribution >= 0.6 is 11.8 Å². The van der Waals surface area contributed by atoms with Gasteiger partial charge in [-0.1, -0.05) is 54.1 Å². The van der Waals surface area contributed by atoms with Gasteiger partial charge in [0.05, 0.1) is 11.6 Å². The molecule has 0 aliphatic carbocycles. The molecule has 0 bridgehead atoms. The van der Waals surface area contributed by atoms with E-state index in [-0.39, 0.29) is 0 Å². The molecule has 0 amide bonds. The molecule has 1 unspecified atom stereocenters. The molecule has 1 aromatic heterocycles.